The number of hydrogen-bond donors (Lipinski definition) is 1. The maximum absolute atomic E-state index is 13.0. The molecule has 2 fully saturated rings. The van der Waals surface area contributed by atoms with Crippen LogP contribution in [0.2, 0.25) is 5.02 Å². The second-order valence-corrected chi connectivity index (χ2v) is 11.1. The number of sulfonamides is 1. The van der Waals surface area contributed by atoms with E-state index < -0.39 is 10.0 Å². The normalized spacial score (nSPS) is 21.0. The third kappa shape index (κ3) is 5.13. The summed E-state index contributed by atoms with van der Waals surface area (Å²) in [7, 11) is -3.67. The van der Waals surface area contributed by atoms with Crippen LogP contribution >= 0.6 is 11.6 Å². The number of nitriles is 1. The molecule has 34 heavy (non-hydrogen) atoms. The summed E-state index contributed by atoms with van der Waals surface area (Å²) in [5, 5.41) is 16.7. The Balaban J connectivity index is 1.42. The molecule has 1 aromatic carbocycles. The van der Waals surface area contributed by atoms with Crippen LogP contribution in [0.5, 0.6) is 0 Å². The fraction of sp³-hybridized carbons (Fsp3) is 0.522. The van der Waals surface area contributed by atoms with Gasteiger partial charge in [-0.2, -0.15) is 14.7 Å². The maximum Gasteiger partial charge on any atom is 0.287 e. The van der Waals surface area contributed by atoms with E-state index in [2.05, 4.69) is 10.4 Å². The summed E-state index contributed by atoms with van der Waals surface area (Å²) in [6, 6.07) is 7.69. The van der Waals surface area contributed by atoms with Crippen LogP contribution in [0.3, 0.4) is 0 Å². The second kappa shape index (κ2) is 10.4. The molecule has 0 bridgehead atoms. The molecule has 4 rings (SSSR count). The predicted molar refractivity (Wildman–Crippen MR) is 128 cm³/mol. The van der Waals surface area contributed by atoms with Gasteiger partial charge in [-0.05, 0) is 56.9 Å². The van der Waals surface area contributed by atoms with Crippen LogP contribution in [-0.4, -0.2) is 54.8 Å². The van der Waals surface area contributed by atoms with Gasteiger partial charge in [0.2, 0.25) is 10.0 Å². The lowest BCUT2D eigenvalue weighted by Crippen LogP contribution is -2.41. The lowest BCUT2D eigenvalue weighted by Gasteiger charge is -2.32. The lowest BCUT2D eigenvalue weighted by atomic mass is 9.95. The summed E-state index contributed by atoms with van der Waals surface area (Å²) >= 11 is 6.41. The summed E-state index contributed by atoms with van der Waals surface area (Å²) in [6.07, 6.45) is 4.54. The lowest BCUT2D eigenvalue weighted by molar-refractivity contribution is 0.0496. The Morgan fingerprint density at radius 3 is 2.56 bits per heavy atom. The molecular weight excluding hydrogens is 478 g/mol. The summed E-state index contributed by atoms with van der Waals surface area (Å²) in [5.74, 6) is 0.342. The van der Waals surface area contributed by atoms with E-state index in [-0.39, 0.29) is 40.7 Å². The highest BCUT2D eigenvalue weighted by atomic mass is 35.5. The van der Waals surface area contributed by atoms with Crippen LogP contribution in [0.25, 0.3) is 0 Å². The van der Waals surface area contributed by atoms with E-state index in [4.69, 9.17) is 21.6 Å². The number of hydrogen-bond acceptors (Lipinski definition) is 7. The number of rotatable bonds is 6. The minimum atomic E-state index is -3.67. The van der Waals surface area contributed by atoms with Crippen molar-refractivity contribution in [3.63, 3.8) is 0 Å². The Hall–Kier alpha value is -2.45. The van der Waals surface area contributed by atoms with Gasteiger partial charge in [-0.25, -0.2) is 13.1 Å². The highest BCUT2D eigenvalue weighted by molar-refractivity contribution is 7.89. The summed E-state index contributed by atoms with van der Waals surface area (Å²) in [4.78, 5) is 13.1. The number of ether oxygens (including phenoxy) is 1. The first kappa shape index (κ1) is 24.7. The third-order valence-corrected chi connectivity index (χ3v) is 8.90. The number of aromatic nitrogens is 2. The molecule has 2 aromatic rings. The van der Waals surface area contributed by atoms with Crippen molar-refractivity contribution in [2.45, 2.75) is 49.6 Å². The number of nitrogens with zero attached hydrogens (tertiary/aromatic N) is 4. The van der Waals surface area contributed by atoms with E-state index in [1.165, 1.54) is 33.3 Å². The van der Waals surface area contributed by atoms with E-state index in [1.54, 1.807) is 6.20 Å². The Kier molecular flexibility index (Phi) is 7.57. The van der Waals surface area contributed by atoms with Crippen molar-refractivity contribution in [1.82, 2.24) is 14.1 Å². The molecule has 0 saturated carbocycles. The van der Waals surface area contributed by atoms with Crippen LogP contribution in [0.1, 0.15) is 44.2 Å². The molecule has 0 unspecified atom stereocenters. The molecule has 1 aromatic heterocycles. The number of halogens is 1. The highest BCUT2D eigenvalue weighted by Gasteiger charge is 2.31. The minimum absolute atomic E-state index is 0.0884. The van der Waals surface area contributed by atoms with Crippen molar-refractivity contribution in [3.8, 4) is 6.07 Å². The molecule has 0 spiro atoms. The van der Waals surface area contributed by atoms with Crippen LogP contribution in [0.15, 0.2) is 40.2 Å². The van der Waals surface area contributed by atoms with Crippen LogP contribution in [0.4, 0.5) is 5.69 Å². The molecule has 2 saturated heterocycles. The average molecular weight is 506 g/mol. The van der Waals surface area contributed by atoms with Gasteiger partial charge in [-0.3, -0.25) is 4.79 Å². The van der Waals surface area contributed by atoms with Gasteiger partial charge in [0.05, 0.1) is 41.1 Å². The van der Waals surface area contributed by atoms with Crippen molar-refractivity contribution in [1.29, 1.82) is 5.26 Å². The summed E-state index contributed by atoms with van der Waals surface area (Å²) < 4.78 is 34.2. The first-order valence-corrected chi connectivity index (χ1v) is 13.2. The monoisotopic (exact) mass is 505 g/mol. The zero-order valence-corrected chi connectivity index (χ0v) is 20.6. The van der Waals surface area contributed by atoms with Crippen LogP contribution in [0, 0.1) is 17.2 Å². The molecule has 9 nitrogen and oxygen atoms in total. The molecule has 11 heteroatoms. The molecule has 182 valence electrons. The maximum atomic E-state index is 13.0. The highest BCUT2D eigenvalue weighted by Crippen LogP contribution is 2.28. The third-order valence-electron chi connectivity index (χ3n) is 6.62. The van der Waals surface area contributed by atoms with Crippen molar-refractivity contribution in [3.05, 3.63) is 51.4 Å². The minimum Gasteiger partial charge on any atom is -0.381 e. The number of anilines is 1. The molecular formula is C23H28ClN5O4S. The molecule has 0 amide bonds. The second-order valence-electron chi connectivity index (χ2n) is 8.80. The first-order chi connectivity index (χ1) is 16.3. The number of nitrogens with one attached hydrogen (secondary N) is 1. The number of piperidine rings is 1. The Bertz CT molecular complexity index is 1210. The van der Waals surface area contributed by atoms with E-state index >= 15 is 0 Å². The smallest absolute Gasteiger partial charge is 0.287 e. The zero-order chi connectivity index (χ0) is 24.3. The van der Waals surface area contributed by atoms with E-state index in [9.17, 15) is 13.2 Å². The molecule has 2 aliphatic rings. The molecule has 1 N–H and O–H groups in total. The molecule has 3 heterocycles. The molecule has 2 aliphatic heterocycles. The summed E-state index contributed by atoms with van der Waals surface area (Å²) in [5.41, 5.74) is 0.522. The molecule has 0 aliphatic carbocycles. The zero-order valence-electron chi connectivity index (χ0n) is 19.0. The number of benzene rings is 1. The molecule has 0 radical (unpaired) electrons. The van der Waals surface area contributed by atoms with Crippen LogP contribution < -0.4 is 10.9 Å². The molecule has 2 atom stereocenters. The van der Waals surface area contributed by atoms with E-state index in [1.807, 2.05) is 13.0 Å². The standard InChI is InChI=1S/C23H28ClN5O4S/c1-16(18-3-2-12-33-15-18)27-21-14-26-29(23(30)22(21)24)19-8-10-28(11-9-19)34(31,32)20-6-4-17(13-25)5-7-20/h4-7,14,16,18-19,27H,2-3,8-12,15H2,1H3/t16-,18+/m1/s1. The van der Waals surface area contributed by atoms with Crippen molar-refractivity contribution < 1.29 is 13.2 Å². The first-order valence-electron chi connectivity index (χ1n) is 11.4. The van der Waals surface area contributed by atoms with Gasteiger partial charge >= 0.3 is 0 Å². The quantitative estimate of drug-likeness (QED) is 0.641. The van der Waals surface area contributed by atoms with Gasteiger partial charge in [-0.1, -0.05) is 11.6 Å². The Morgan fingerprint density at radius 2 is 1.94 bits per heavy atom. The SMILES string of the molecule is C[C@@H](Nc1cnn(C2CCN(S(=O)(=O)c3ccc(C#N)cc3)CC2)c(=O)c1Cl)[C@H]1CCCOC1. The van der Waals surface area contributed by atoms with Gasteiger partial charge in [0, 0.05) is 31.7 Å². The van der Waals surface area contributed by atoms with Crippen molar-refractivity contribution >= 4 is 27.3 Å². The fourth-order valence-electron chi connectivity index (χ4n) is 4.51. The van der Waals surface area contributed by atoms with Crippen LogP contribution in [-0.2, 0) is 14.8 Å². The van der Waals surface area contributed by atoms with E-state index in [0.29, 0.717) is 36.6 Å². The van der Waals surface area contributed by atoms with Gasteiger partial charge in [0.1, 0.15) is 5.02 Å². The largest absolute Gasteiger partial charge is 0.381 e. The Morgan fingerprint density at radius 1 is 1.24 bits per heavy atom. The topological polar surface area (TPSA) is 117 Å². The predicted octanol–water partition coefficient (Wildman–Crippen LogP) is 3.02. The van der Waals surface area contributed by atoms with Gasteiger partial charge in [0.15, 0.2) is 0 Å². The summed E-state index contributed by atoms with van der Waals surface area (Å²) in [6.45, 7) is 4.04. The van der Waals surface area contributed by atoms with E-state index in [0.717, 1.165) is 19.4 Å². The average Bonchev–Trinajstić information content (AvgIpc) is 2.87. The fourth-order valence-corrected chi connectivity index (χ4v) is 6.17. The van der Waals surface area contributed by atoms with Crippen molar-refractivity contribution in [2.75, 3.05) is 31.6 Å². The van der Waals surface area contributed by atoms with Gasteiger partial charge < -0.3 is 10.1 Å². The van der Waals surface area contributed by atoms with Crippen molar-refractivity contribution in [2.24, 2.45) is 5.92 Å². The van der Waals surface area contributed by atoms with Gasteiger partial charge in [0.25, 0.3) is 5.56 Å². The Labute approximate surface area is 204 Å². The van der Waals surface area contributed by atoms with Gasteiger partial charge in [-0.15, -0.1) is 0 Å².